The molecular formula is C11H22ClNO2S. The van der Waals surface area contributed by atoms with Crippen molar-refractivity contribution in [2.75, 3.05) is 13.1 Å². The number of rotatable bonds is 2. The van der Waals surface area contributed by atoms with E-state index in [1.165, 1.54) is 0 Å². The predicted octanol–water partition coefficient (Wildman–Crippen LogP) is 2.45. The summed E-state index contributed by atoms with van der Waals surface area (Å²) in [6.45, 7) is 8.46. The van der Waals surface area contributed by atoms with Gasteiger partial charge in [0.15, 0.2) is 0 Å². The Kier molecular flexibility index (Phi) is 4.30. The van der Waals surface area contributed by atoms with E-state index in [1.807, 2.05) is 6.92 Å². The van der Waals surface area contributed by atoms with Gasteiger partial charge in [-0.2, -0.15) is 0 Å². The Bertz CT molecular complexity index is 324. The van der Waals surface area contributed by atoms with Crippen LogP contribution in [0.2, 0.25) is 0 Å². The summed E-state index contributed by atoms with van der Waals surface area (Å²) in [5.41, 5.74) is 0. The maximum atomic E-state index is 12.2. The summed E-state index contributed by atoms with van der Waals surface area (Å²) in [6.07, 6.45) is 1.75. The Morgan fingerprint density at radius 3 is 2.00 bits per heavy atom. The first kappa shape index (κ1) is 14.3. The fraction of sp³-hybridized carbons (Fsp3) is 1.00. The maximum absolute atomic E-state index is 12.2. The van der Waals surface area contributed by atoms with E-state index in [2.05, 4.69) is 0 Å². The zero-order chi connectivity index (χ0) is 12.6. The molecule has 0 aliphatic carbocycles. The average molecular weight is 268 g/mol. The van der Waals surface area contributed by atoms with Crippen molar-refractivity contribution < 1.29 is 8.42 Å². The van der Waals surface area contributed by atoms with Gasteiger partial charge in [-0.3, -0.25) is 0 Å². The van der Waals surface area contributed by atoms with Gasteiger partial charge < -0.3 is 0 Å². The average Bonchev–Trinajstić information content (AvgIpc) is 2.16. The molecule has 0 aromatic carbocycles. The first-order valence-electron chi connectivity index (χ1n) is 5.80. The molecule has 1 unspecified atom stereocenters. The van der Waals surface area contributed by atoms with Gasteiger partial charge in [0.05, 0.1) is 4.75 Å². The lowest BCUT2D eigenvalue weighted by molar-refractivity contribution is 0.267. The van der Waals surface area contributed by atoms with Gasteiger partial charge in [0.25, 0.3) is 0 Å². The Hall–Kier alpha value is 0.200. The summed E-state index contributed by atoms with van der Waals surface area (Å²) in [7, 11) is -3.16. The third-order valence-corrected chi connectivity index (χ3v) is 6.21. The number of hydrogen-bond donors (Lipinski definition) is 0. The fourth-order valence-corrected chi connectivity index (χ4v) is 3.68. The van der Waals surface area contributed by atoms with Crippen molar-refractivity contribution in [1.29, 1.82) is 0 Å². The van der Waals surface area contributed by atoms with Crippen LogP contribution in [0.15, 0.2) is 0 Å². The molecule has 96 valence electrons. The van der Waals surface area contributed by atoms with Gasteiger partial charge in [-0.05, 0) is 46.5 Å². The normalized spacial score (nSPS) is 23.3. The van der Waals surface area contributed by atoms with E-state index in [-0.39, 0.29) is 5.38 Å². The highest BCUT2D eigenvalue weighted by atomic mass is 35.5. The lowest BCUT2D eigenvalue weighted by Gasteiger charge is -2.36. The number of alkyl halides is 1. The second kappa shape index (κ2) is 4.83. The number of sulfonamides is 1. The van der Waals surface area contributed by atoms with Crippen LogP contribution in [0.1, 0.15) is 40.5 Å². The minimum atomic E-state index is -3.16. The quantitative estimate of drug-likeness (QED) is 0.721. The van der Waals surface area contributed by atoms with Gasteiger partial charge in [-0.15, -0.1) is 11.6 Å². The van der Waals surface area contributed by atoms with Crippen molar-refractivity contribution in [3.05, 3.63) is 0 Å². The Labute approximate surface area is 104 Å². The third kappa shape index (κ3) is 2.90. The number of hydrogen-bond acceptors (Lipinski definition) is 2. The Morgan fingerprint density at radius 2 is 1.69 bits per heavy atom. The molecule has 1 atom stereocenters. The lowest BCUT2D eigenvalue weighted by Crippen LogP contribution is -2.47. The van der Waals surface area contributed by atoms with Crippen LogP contribution in [-0.4, -0.2) is 35.9 Å². The van der Waals surface area contributed by atoms with Crippen LogP contribution < -0.4 is 0 Å². The molecule has 1 aliphatic rings. The van der Waals surface area contributed by atoms with Gasteiger partial charge in [-0.25, -0.2) is 12.7 Å². The summed E-state index contributed by atoms with van der Waals surface area (Å²) in [5.74, 6) is 0.452. The highest BCUT2D eigenvalue weighted by molar-refractivity contribution is 7.90. The van der Waals surface area contributed by atoms with Gasteiger partial charge >= 0.3 is 0 Å². The highest BCUT2D eigenvalue weighted by Gasteiger charge is 2.37. The molecule has 3 nitrogen and oxygen atoms in total. The number of halogens is 1. The smallest absolute Gasteiger partial charge is 0.212 e. The molecule has 1 fully saturated rings. The van der Waals surface area contributed by atoms with Crippen LogP contribution in [0, 0.1) is 5.92 Å². The van der Waals surface area contributed by atoms with Crippen LogP contribution in [0.4, 0.5) is 0 Å². The lowest BCUT2D eigenvalue weighted by atomic mass is 9.95. The minimum Gasteiger partial charge on any atom is -0.212 e. The van der Waals surface area contributed by atoms with Crippen LogP contribution in [-0.2, 0) is 10.0 Å². The molecular weight excluding hydrogens is 246 g/mol. The first-order valence-corrected chi connectivity index (χ1v) is 7.67. The molecule has 1 heterocycles. The molecule has 0 radical (unpaired) electrons. The van der Waals surface area contributed by atoms with Crippen LogP contribution >= 0.6 is 11.6 Å². The van der Waals surface area contributed by atoms with E-state index < -0.39 is 14.8 Å². The summed E-state index contributed by atoms with van der Waals surface area (Å²) in [6, 6.07) is 0. The minimum absolute atomic E-state index is 0.138. The second-order valence-corrected chi connectivity index (χ2v) is 8.91. The largest absolute Gasteiger partial charge is 0.219 e. The van der Waals surface area contributed by atoms with Gasteiger partial charge in [0, 0.05) is 18.5 Å². The number of nitrogens with zero attached hydrogens (tertiary/aromatic N) is 1. The van der Waals surface area contributed by atoms with E-state index >= 15 is 0 Å². The third-order valence-electron chi connectivity index (χ3n) is 3.26. The van der Waals surface area contributed by atoms with Gasteiger partial charge in [-0.1, -0.05) is 0 Å². The molecule has 0 amide bonds. The van der Waals surface area contributed by atoms with Crippen molar-refractivity contribution in [2.45, 2.75) is 50.7 Å². The van der Waals surface area contributed by atoms with E-state index in [9.17, 15) is 8.42 Å². The molecule has 0 spiro atoms. The summed E-state index contributed by atoms with van der Waals surface area (Å²) >= 11 is 6.04. The molecule has 0 bridgehead atoms. The molecule has 0 N–H and O–H groups in total. The van der Waals surface area contributed by atoms with Crippen molar-refractivity contribution in [1.82, 2.24) is 4.31 Å². The van der Waals surface area contributed by atoms with E-state index in [4.69, 9.17) is 11.6 Å². The van der Waals surface area contributed by atoms with Crippen molar-refractivity contribution in [3.8, 4) is 0 Å². The molecule has 0 aromatic heterocycles. The number of piperidine rings is 1. The SMILES string of the molecule is CC(Cl)C1CCN(S(=O)(=O)C(C)(C)C)CC1. The predicted molar refractivity (Wildman–Crippen MR) is 68.3 cm³/mol. The Morgan fingerprint density at radius 1 is 1.25 bits per heavy atom. The van der Waals surface area contributed by atoms with Crippen LogP contribution in [0.3, 0.4) is 0 Å². The summed E-state index contributed by atoms with van der Waals surface area (Å²) in [5, 5.41) is 0.138. The van der Waals surface area contributed by atoms with E-state index in [0.717, 1.165) is 12.8 Å². The topological polar surface area (TPSA) is 37.4 Å². The second-order valence-electron chi connectivity index (χ2n) is 5.53. The van der Waals surface area contributed by atoms with Crippen molar-refractivity contribution in [3.63, 3.8) is 0 Å². The first-order chi connectivity index (χ1) is 7.16. The zero-order valence-corrected chi connectivity index (χ0v) is 12.1. The standard InChI is InChI=1S/C11H22ClNO2S/c1-9(12)10-5-7-13(8-6-10)16(14,15)11(2,3)4/h9-10H,5-8H2,1-4H3. The van der Waals surface area contributed by atoms with E-state index in [0.29, 0.717) is 19.0 Å². The van der Waals surface area contributed by atoms with Crippen molar-refractivity contribution >= 4 is 21.6 Å². The van der Waals surface area contributed by atoms with E-state index in [1.54, 1.807) is 25.1 Å². The van der Waals surface area contributed by atoms with Gasteiger partial charge in [0.2, 0.25) is 10.0 Å². The fourth-order valence-electron chi connectivity index (χ4n) is 1.96. The molecule has 1 rings (SSSR count). The van der Waals surface area contributed by atoms with Crippen LogP contribution in [0.5, 0.6) is 0 Å². The Balaban J connectivity index is 2.68. The summed E-state index contributed by atoms with van der Waals surface area (Å²) in [4.78, 5) is 0. The monoisotopic (exact) mass is 267 g/mol. The highest BCUT2D eigenvalue weighted by Crippen LogP contribution is 2.29. The molecule has 5 heteroatoms. The maximum Gasteiger partial charge on any atom is 0.219 e. The summed E-state index contributed by atoms with van der Waals surface area (Å²) < 4.78 is 25.3. The molecule has 16 heavy (non-hydrogen) atoms. The molecule has 0 saturated carbocycles. The molecule has 0 aromatic rings. The molecule has 1 aliphatic heterocycles. The van der Waals surface area contributed by atoms with Crippen LogP contribution in [0.25, 0.3) is 0 Å². The zero-order valence-electron chi connectivity index (χ0n) is 10.5. The van der Waals surface area contributed by atoms with Crippen molar-refractivity contribution in [2.24, 2.45) is 5.92 Å². The molecule has 1 saturated heterocycles. The van der Waals surface area contributed by atoms with Gasteiger partial charge in [0.1, 0.15) is 0 Å².